The molecule has 2 aromatic carbocycles. The number of carbonyl (C=O) groups excluding carboxylic acids is 2. The Bertz CT molecular complexity index is 806. The summed E-state index contributed by atoms with van der Waals surface area (Å²) in [6.45, 7) is 5.98. The Labute approximate surface area is 176 Å². The summed E-state index contributed by atoms with van der Waals surface area (Å²) in [6.07, 6.45) is 0.697. The van der Waals surface area contributed by atoms with Gasteiger partial charge in [0, 0.05) is 22.6 Å². The third kappa shape index (κ3) is 6.25. The van der Waals surface area contributed by atoms with Crippen molar-refractivity contribution < 1.29 is 9.59 Å². The number of rotatable bonds is 8. The summed E-state index contributed by atoms with van der Waals surface area (Å²) in [5, 5.41) is 4.11. The van der Waals surface area contributed by atoms with Gasteiger partial charge in [0.1, 0.15) is 6.04 Å². The zero-order chi connectivity index (χ0) is 20.7. The molecular weight excluding hydrogens is 395 g/mol. The van der Waals surface area contributed by atoms with Crippen LogP contribution in [0.3, 0.4) is 0 Å². The molecule has 0 radical (unpaired) electrons. The van der Waals surface area contributed by atoms with E-state index in [1.165, 1.54) is 0 Å². The van der Waals surface area contributed by atoms with E-state index >= 15 is 0 Å². The molecule has 1 atom stereocenters. The monoisotopic (exact) mass is 420 g/mol. The standard InChI is InChI=1S/C22H26Cl2N2O2/c1-4-20(22(28)25-15(2)3)26(14-17-7-5-6-8-19(17)24)21(27)13-16-9-11-18(23)12-10-16/h5-12,15,20H,4,13-14H2,1-3H3,(H,25,28). The van der Waals surface area contributed by atoms with Crippen LogP contribution in [0, 0.1) is 0 Å². The van der Waals surface area contributed by atoms with E-state index in [0.29, 0.717) is 16.5 Å². The van der Waals surface area contributed by atoms with Gasteiger partial charge in [0.05, 0.1) is 6.42 Å². The summed E-state index contributed by atoms with van der Waals surface area (Å²) in [5.74, 6) is -0.290. The van der Waals surface area contributed by atoms with Crippen molar-refractivity contribution in [2.24, 2.45) is 0 Å². The lowest BCUT2D eigenvalue weighted by atomic mass is 10.1. The predicted molar refractivity (Wildman–Crippen MR) is 115 cm³/mol. The minimum absolute atomic E-state index is 0.00456. The highest BCUT2D eigenvalue weighted by molar-refractivity contribution is 6.31. The average molecular weight is 421 g/mol. The Morgan fingerprint density at radius 2 is 1.68 bits per heavy atom. The molecule has 150 valence electrons. The number of amides is 2. The van der Waals surface area contributed by atoms with Gasteiger partial charge in [0.15, 0.2) is 0 Å². The fraction of sp³-hybridized carbons (Fsp3) is 0.364. The zero-order valence-corrected chi connectivity index (χ0v) is 17.9. The van der Waals surface area contributed by atoms with Gasteiger partial charge in [-0.15, -0.1) is 0 Å². The van der Waals surface area contributed by atoms with Crippen LogP contribution in [0.5, 0.6) is 0 Å². The molecule has 0 heterocycles. The van der Waals surface area contributed by atoms with Gasteiger partial charge in [0.2, 0.25) is 11.8 Å². The Morgan fingerprint density at radius 3 is 2.25 bits per heavy atom. The summed E-state index contributed by atoms with van der Waals surface area (Å²) in [7, 11) is 0. The maximum absolute atomic E-state index is 13.2. The minimum Gasteiger partial charge on any atom is -0.352 e. The molecule has 28 heavy (non-hydrogen) atoms. The molecule has 2 aromatic rings. The van der Waals surface area contributed by atoms with Crippen molar-refractivity contribution in [2.45, 2.75) is 52.2 Å². The van der Waals surface area contributed by atoms with Crippen LogP contribution in [0.1, 0.15) is 38.3 Å². The molecule has 6 heteroatoms. The Kier molecular flexibility index (Phi) is 8.34. The lowest BCUT2D eigenvalue weighted by Gasteiger charge is -2.31. The van der Waals surface area contributed by atoms with Crippen LogP contribution >= 0.6 is 23.2 Å². The first kappa shape index (κ1) is 22.3. The van der Waals surface area contributed by atoms with E-state index in [1.807, 2.05) is 51.1 Å². The highest BCUT2D eigenvalue weighted by Crippen LogP contribution is 2.21. The third-order valence-electron chi connectivity index (χ3n) is 4.38. The Hall–Kier alpha value is -2.04. The molecule has 0 bridgehead atoms. The van der Waals surface area contributed by atoms with Crippen molar-refractivity contribution in [2.75, 3.05) is 0 Å². The average Bonchev–Trinajstić information content (AvgIpc) is 2.64. The van der Waals surface area contributed by atoms with Gasteiger partial charge < -0.3 is 10.2 Å². The highest BCUT2D eigenvalue weighted by Gasteiger charge is 2.29. The minimum atomic E-state index is -0.571. The Morgan fingerprint density at radius 1 is 1.04 bits per heavy atom. The second-order valence-electron chi connectivity index (χ2n) is 7.00. The first-order chi connectivity index (χ1) is 13.3. The molecule has 1 unspecified atom stereocenters. The van der Waals surface area contributed by atoms with Gasteiger partial charge in [0.25, 0.3) is 0 Å². The number of hydrogen-bond donors (Lipinski definition) is 1. The first-order valence-corrected chi connectivity index (χ1v) is 10.1. The number of benzene rings is 2. The molecule has 2 amide bonds. The molecular formula is C22H26Cl2N2O2. The van der Waals surface area contributed by atoms with Gasteiger partial charge in [-0.2, -0.15) is 0 Å². The van der Waals surface area contributed by atoms with Gasteiger partial charge in [-0.3, -0.25) is 9.59 Å². The number of nitrogens with zero attached hydrogens (tertiary/aromatic N) is 1. The molecule has 0 spiro atoms. The smallest absolute Gasteiger partial charge is 0.243 e. The van der Waals surface area contributed by atoms with Crippen molar-refractivity contribution in [3.05, 3.63) is 69.7 Å². The number of nitrogens with one attached hydrogen (secondary N) is 1. The third-order valence-corrected chi connectivity index (χ3v) is 5.00. The van der Waals surface area contributed by atoms with Crippen LogP contribution in [0.4, 0.5) is 0 Å². The molecule has 0 aromatic heterocycles. The van der Waals surface area contributed by atoms with Gasteiger partial charge >= 0.3 is 0 Å². The normalized spacial score (nSPS) is 11.9. The topological polar surface area (TPSA) is 49.4 Å². The summed E-state index contributed by atoms with van der Waals surface area (Å²) in [6, 6.07) is 14.0. The van der Waals surface area contributed by atoms with Crippen molar-refractivity contribution in [1.29, 1.82) is 0 Å². The van der Waals surface area contributed by atoms with Gasteiger partial charge in [-0.05, 0) is 49.6 Å². The first-order valence-electron chi connectivity index (χ1n) is 9.39. The SMILES string of the molecule is CCC(C(=O)NC(C)C)N(Cc1ccccc1Cl)C(=O)Cc1ccc(Cl)cc1. The zero-order valence-electron chi connectivity index (χ0n) is 16.4. The van der Waals surface area contributed by atoms with E-state index in [0.717, 1.165) is 11.1 Å². The quantitative estimate of drug-likeness (QED) is 0.661. The largest absolute Gasteiger partial charge is 0.352 e. The van der Waals surface area contributed by atoms with Gasteiger partial charge in [-0.1, -0.05) is 60.5 Å². The van der Waals surface area contributed by atoms with Crippen LogP contribution in [0.2, 0.25) is 10.0 Å². The molecule has 1 N–H and O–H groups in total. The molecule has 0 fully saturated rings. The van der Waals surface area contributed by atoms with E-state index in [9.17, 15) is 9.59 Å². The highest BCUT2D eigenvalue weighted by atomic mass is 35.5. The summed E-state index contributed by atoms with van der Waals surface area (Å²) < 4.78 is 0. The van der Waals surface area contributed by atoms with Gasteiger partial charge in [-0.25, -0.2) is 0 Å². The van der Waals surface area contributed by atoms with Crippen LogP contribution < -0.4 is 5.32 Å². The molecule has 2 rings (SSSR count). The number of halogens is 2. The fourth-order valence-electron chi connectivity index (χ4n) is 2.99. The van der Waals surface area contributed by atoms with E-state index in [2.05, 4.69) is 5.32 Å². The van der Waals surface area contributed by atoms with Crippen LogP contribution in [-0.2, 0) is 22.6 Å². The van der Waals surface area contributed by atoms with Crippen LogP contribution in [-0.4, -0.2) is 28.8 Å². The lowest BCUT2D eigenvalue weighted by molar-refractivity contribution is -0.141. The van der Waals surface area contributed by atoms with E-state index in [4.69, 9.17) is 23.2 Å². The van der Waals surface area contributed by atoms with Crippen molar-refractivity contribution >= 4 is 35.0 Å². The maximum atomic E-state index is 13.2. The molecule has 0 aliphatic heterocycles. The van der Waals surface area contributed by atoms with Crippen molar-refractivity contribution in [3.8, 4) is 0 Å². The van der Waals surface area contributed by atoms with Crippen molar-refractivity contribution in [3.63, 3.8) is 0 Å². The van der Waals surface area contributed by atoms with E-state index < -0.39 is 6.04 Å². The van der Waals surface area contributed by atoms with E-state index in [1.54, 1.807) is 23.1 Å². The summed E-state index contributed by atoms with van der Waals surface area (Å²) >= 11 is 12.2. The summed E-state index contributed by atoms with van der Waals surface area (Å²) in [4.78, 5) is 27.5. The molecule has 0 saturated carbocycles. The molecule has 4 nitrogen and oxygen atoms in total. The Balaban J connectivity index is 2.30. The van der Waals surface area contributed by atoms with Crippen molar-refractivity contribution in [1.82, 2.24) is 10.2 Å². The molecule has 0 aliphatic carbocycles. The maximum Gasteiger partial charge on any atom is 0.243 e. The number of hydrogen-bond acceptors (Lipinski definition) is 2. The molecule has 0 aliphatic rings. The number of carbonyl (C=O) groups is 2. The summed E-state index contributed by atoms with van der Waals surface area (Å²) in [5.41, 5.74) is 1.65. The second kappa shape index (κ2) is 10.5. The molecule has 0 saturated heterocycles. The van der Waals surface area contributed by atoms with E-state index in [-0.39, 0.29) is 30.8 Å². The second-order valence-corrected chi connectivity index (χ2v) is 7.85. The lowest BCUT2D eigenvalue weighted by Crippen LogP contribution is -2.50. The van der Waals surface area contributed by atoms with Crippen LogP contribution in [0.25, 0.3) is 0 Å². The fourth-order valence-corrected chi connectivity index (χ4v) is 3.31. The predicted octanol–water partition coefficient (Wildman–Crippen LogP) is 4.87. The van der Waals surface area contributed by atoms with Crippen LogP contribution in [0.15, 0.2) is 48.5 Å².